The zero-order valence-electron chi connectivity index (χ0n) is 16.2. The molecule has 1 saturated heterocycles. The molecule has 0 aromatic heterocycles. The van der Waals surface area contributed by atoms with E-state index in [1.165, 1.54) is 18.2 Å². The van der Waals surface area contributed by atoms with Crippen molar-refractivity contribution in [2.45, 2.75) is 45.6 Å². The first-order chi connectivity index (χ1) is 13.3. The highest BCUT2D eigenvalue weighted by Gasteiger charge is 2.30. The zero-order chi connectivity index (χ0) is 20.7. The molecule has 0 radical (unpaired) electrons. The van der Waals surface area contributed by atoms with Gasteiger partial charge in [-0.05, 0) is 38.3 Å². The number of nitro groups is 1. The van der Waals surface area contributed by atoms with E-state index in [-0.39, 0.29) is 41.0 Å². The fraction of sp³-hybridized carbons (Fsp3) is 0.579. The van der Waals surface area contributed by atoms with Gasteiger partial charge in [0.2, 0.25) is 11.8 Å². The topological polar surface area (TPSA) is 105 Å². The van der Waals surface area contributed by atoms with E-state index in [2.05, 4.69) is 17.6 Å². The Morgan fingerprint density at radius 2 is 2.11 bits per heavy atom. The summed E-state index contributed by atoms with van der Waals surface area (Å²) in [6.45, 7) is 5.43. The molecule has 1 aliphatic rings. The summed E-state index contributed by atoms with van der Waals surface area (Å²) >= 11 is 5.79. The minimum atomic E-state index is -0.591. The molecule has 0 spiro atoms. The molecule has 1 heterocycles. The molecular weight excluding hydrogens is 384 g/mol. The van der Waals surface area contributed by atoms with Crippen LogP contribution in [0.3, 0.4) is 0 Å². The van der Waals surface area contributed by atoms with Crippen LogP contribution in [0.4, 0.5) is 11.4 Å². The van der Waals surface area contributed by atoms with Crippen LogP contribution in [-0.2, 0) is 9.59 Å². The second-order valence-corrected chi connectivity index (χ2v) is 7.58. The number of nitro benzene ring substituents is 1. The lowest BCUT2D eigenvalue weighted by Crippen LogP contribution is -2.49. The molecule has 1 aromatic carbocycles. The van der Waals surface area contributed by atoms with Crippen LogP contribution in [-0.4, -0.2) is 47.3 Å². The number of hydrogen-bond acceptors (Lipinski definition) is 5. The van der Waals surface area contributed by atoms with Crippen molar-refractivity contribution in [1.29, 1.82) is 0 Å². The second-order valence-electron chi connectivity index (χ2n) is 7.17. The van der Waals surface area contributed by atoms with Crippen LogP contribution in [0.2, 0.25) is 5.02 Å². The largest absolute Gasteiger partial charge is 0.356 e. The van der Waals surface area contributed by atoms with Crippen molar-refractivity contribution in [2.24, 2.45) is 5.92 Å². The molecule has 0 saturated carbocycles. The number of piperidine rings is 1. The lowest BCUT2D eigenvalue weighted by atomic mass is 9.92. The predicted molar refractivity (Wildman–Crippen MR) is 108 cm³/mol. The maximum Gasteiger partial charge on any atom is 0.289 e. The van der Waals surface area contributed by atoms with E-state index in [0.29, 0.717) is 18.8 Å². The first-order valence-electron chi connectivity index (χ1n) is 9.57. The number of nitrogens with zero attached hydrogens (tertiary/aromatic N) is 2. The van der Waals surface area contributed by atoms with Gasteiger partial charge in [0.1, 0.15) is 5.02 Å². The molecular formula is C19H27ClN4O4. The van der Waals surface area contributed by atoms with Crippen molar-refractivity contribution in [3.8, 4) is 0 Å². The lowest BCUT2D eigenvalue weighted by Gasteiger charge is -2.36. The van der Waals surface area contributed by atoms with E-state index < -0.39 is 4.92 Å². The summed E-state index contributed by atoms with van der Waals surface area (Å²) < 4.78 is 0. The number of benzene rings is 1. The molecule has 154 valence electrons. The van der Waals surface area contributed by atoms with Gasteiger partial charge < -0.3 is 10.6 Å². The lowest BCUT2D eigenvalue weighted by molar-refractivity contribution is -0.384. The third-order valence-corrected chi connectivity index (χ3v) is 5.30. The Hall–Kier alpha value is -2.19. The highest BCUT2D eigenvalue weighted by molar-refractivity contribution is 6.32. The van der Waals surface area contributed by atoms with Gasteiger partial charge in [0.25, 0.3) is 5.69 Å². The summed E-state index contributed by atoms with van der Waals surface area (Å²) in [6, 6.07) is 4.33. The molecule has 2 unspecified atom stereocenters. The van der Waals surface area contributed by atoms with Crippen LogP contribution in [0.5, 0.6) is 0 Å². The maximum absolute atomic E-state index is 12.4. The van der Waals surface area contributed by atoms with Gasteiger partial charge in [0, 0.05) is 30.9 Å². The number of amides is 2. The van der Waals surface area contributed by atoms with Gasteiger partial charge in [-0.1, -0.05) is 24.9 Å². The quantitative estimate of drug-likeness (QED) is 0.389. The molecule has 1 fully saturated rings. The van der Waals surface area contributed by atoms with Crippen molar-refractivity contribution in [3.63, 3.8) is 0 Å². The number of unbranched alkanes of at least 4 members (excludes halogenated alkanes) is 1. The van der Waals surface area contributed by atoms with Crippen molar-refractivity contribution < 1.29 is 14.5 Å². The summed E-state index contributed by atoms with van der Waals surface area (Å²) in [5, 5.41) is 16.6. The van der Waals surface area contributed by atoms with Crippen molar-refractivity contribution in [3.05, 3.63) is 33.3 Å². The normalized spacial score (nSPS) is 19.8. The summed E-state index contributed by atoms with van der Waals surface area (Å²) in [7, 11) is 0. The Balaban J connectivity index is 1.93. The minimum absolute atomic E-state index is 0.0181. The fourth-order valence-corrected chi connectivity index (χ4v) is 3.45. The predicted octanol–water partition coefficient (Wildman–Crippen LogP) is 3.20. The highest BCUT2D eigenvalue weighted by Crippen LogP contribution is 2.27. The van der Waals surface area contributed by atoms with Crippen molar-refractivity contribution in [2.75, 3.05) is 25.0 Å². The maximum atomic E-state index is 12.4. The number of likely N-dealkylation sites (tertiary alicyclic amines) is 1. The number of carbonyl (C=O) groups excluding carboxylic acids is 2. The molecule has 2 rings (SSSR count). The number of anilines is 1. The Kier molecular flexibility index (Phi) is 8.19. The molecule has 0 aliphatic carbocycles. The molecule has 9 heteroatoms. The van der Waals surface area contributed by atoms with Gasteiger partial charge in [0.15, 0.2) is 0 Å². The molecule has 2 amide bonds. The van der Waals surface area contributed by atoms with Crippen LogP contribution < -0.4 is 10.6 Å². The average molecular weight is 411 g/mol. The van der Waals surface area contributed by atoms with E-state index in [1.807, 2.05) is 11.8 Å². The van der Waals surface area contributed by atoms with E-state index >= 15 is 0 Å². The second kappa shape index (κ2) is 10.4. The Morgan fingerprint density at radius 3 is 2.79 bits per heavy atom. The Bertz CT molecular complexity index is 728. The fourth-order valence-electron chi connectivity index (χ4n) is 3.26. The van der Waals surface area contributed by atoms with Crippen LogP contribution in [0.1, 0.15) is 39.5 Å². The average Bonchev–Trinajstić information content (AvgIpc) is 2.65. The molecule has 0 bridgehead atoms. The van der Waals surface area contributed by atoms with E-state index in [4.69, 9.17) is 11.6 Å². The number of rotatable bonds is 8. The van der Waals surface area contributed by atoms with Crippen LogP contribution in [0.25, 0.3) is 0 Å². The van der Waals surface area contributed by atoms with Gasteiger partial charge >= 0.3 is 0 Å². The summed E-state index contributed by atoms with van der Waals surface area (Å²) in [6.07, 6.45) is 3.62. The van der Waals surface area contributed by atoms with Gasteiger partial charge in [-0.3, -0.25) is 24.6 Å². The summed E-state index contributed by atoms with van der Waals surface area (Å²) in [4.78, 5) is 37.1. The molecule has 2 atom stereocenters. The smallest absolute Gasteiger partial charge is 0.289 e. The van der Waals surface area contributed by atoms with E-state index in [1.54, 1.807) is 0 Å². The Labute approximate surface area is 169 Å². The molecule has 1 aromatic rings. The first-order valence-corrected chi connectivity index (χ1v) is 9.95. The van der Waals surface area contributed by atoms with Crippen LogP contribution in [0, 0.1) is 16.0 Å². The summed E-state index contributed by atoms with van der Waals surface area (Å²) in [5.41, 5.74) is 0.0641. The summed E-state index contributed by atoms with van der Waals surface area (Å²) in [5.74, 6) is -0.368. The van der Waals surface area contributed by atoms with Crippen molar-refractivity contribution >= 4 is 34.8 Å². The molecule has 8 nitrogen and oxygen atoms in total. The van der Waals surface area contributed by atoms with E-state index in [9.17, 15) is 19.7 Å². The zero-order valence-corrected chi connectivity index (χ0v) is 17.0. The third kappa shape index (κ3) is 6.17. The van der Waals surface area contributed by atoms with Crippen LogP contribution >= 0.6 is 11.6 Å². The highest BCUT2D eigenvalue weighted by atomic mass is 35.5. The molecule has 1 aliphatic heterocycles. The van der Waals surface area contributed by atoms with Gasteiger partial charge in [-0.15, -0.1) is 0 Å². The van der Waals surface area contributed by atoms with Gasteiger partial charge in [-0.2, -0.15) is 0 Å². The monoisotopic (exact) mass is 410 g/mol. The van der Waals surface area contributed by atoms with Gasteiger partial charge in [-0.25, -0.2) is 0 Å². The van der Waals surface area contributed by atoms with Crippen LogP contribution in [0.15, 0.2) is 18.2 Å². The molecule has 2 N–H and O–H groups in total. The van der Waals surface area contributed by atoms with Crippen molar-refractivity contribution in [1.82, 2.24) is 10.2 Å². The number of carbonyl (C=O) groups is 2. The standard InChI is InChI=1S/C19H27ClN4O4/c1-3-4-9-21-19(26)14-6-5-13(2)23(11-14)12-18(25)22-15-7-8-16(20)17(10-15)24(27)28/h7-8,10,13-14H,3-6,9,11-12H2,1-2H3,(H,21,26)(H,22,25). The number of halogens is 1. The minimum Gasteiger partial charge on any atom is -0.356 e. The Morgan fingerprint density at radius 1 is 1.36 bits per heavy atom. The van der Waals surface area contributed by atoms with E-state index in [0.717, 1.165) is 25.7 Å². The first kappa shape index (κ1) is 22.1. The van der Waals surface area contributed by atoms with Gasteiger partial charge in [0.05, 0.1) is 17.4 Å². The molecule has 28 heavy (non-hydrogen) atoms. The number of nitrogens with one attached hydrogen (secondary N) is 2. The third-order valence-electron chi connectivity index (χ3n) is 4.98. The SMILES string of the molecule is CCCCNC(=O)C1CCC(C)N(CC(=O)Nc2ccc(Cl)c([N+](=O)[O-])c2)C1. The number of hydrogen-bond donors (Lipinski definition) is 2.